The van der Waals surface area contributed by atoms with Crippen molar-refractivity contribution >= 4 is 0 Å². The Morgan fingerprint density at radius 3 is 1.95 bits per heavy atom. The first-order chi connectivity index (χ1) is 9.19. The van der Waals surface area contributed by atoms with E-state index in [1.54, 1.807) is 7.11 Å². The maximum absolute atomic E-state index is 5.72. The highest BCUT2D eigenvalue weighted by atomic mass is 16.5. The Morgan fingerprint density at radius 2 is 1.47 bits per heavy atom. The fourth-order valence-corrected chi connectivity index (χ4v) is 2.28. The van der Waals surface area contributed by atoms with Gasteiger partial charge >= 0.3 is 0 Å². The first-order valence-corrected chi connectivity index (χ1v) is 7.21. The van der Waals surface area contributed by atoms with Crippen LogP contribution in [-0.4, -0.2) is 25.8 Å². The predicted molar refractivity (Wildman–Crippen MR) is 80.1 cm³/mol. The van der Waals surface area contributed by atoms with Crippen LogP contribution in [-0.2, 0) is 0 Å². The van der Waals surface area contributed by atoms with Gasteiger partial charge in [-0.3, -0.25) is 0 Å². The Balaban J connectivity index is 2.33. The number of nitrogens with one attached hydrogen (secondary N) is 1. The molecule has 3 heteroatoms. The Hall–Kier alpha value is -1.22. The van der Waals surface area contributed by atoms with Crippen molar-refractivity contribution in [2.24, 2.45) is 0 Å². The summed E-state index contributed by atoms with van der Waals surface area (Å²) in [7, 11) is 1.67. The number of methoxy groups -OCH3 is 1. The molecule has 0 aliphatic rings. The van der Waals surface area contributed by atoms with Crippen LogP contribution in [0.5, 0.6) is 11.5 Å². The van der Waals surface area contributed by atoms with E-state index in [0.29, 0.717) is 6.61 Å². The van der Waals surface area contributed by atoms with Crippen molar-refractivity contribution in [3.8, 4) is 11.5 Å². The molecular formula is C16H27NO2. The minimum atomic E-state index is 0.267. The largest absolute Gasteiger partial charge is 0.497 e. The maximum atomic E-state index is 5.72. The van der Waals surface area contributed by atoms with Gasteiger partial charge in [-0.05, 0) is 43.5 Å². The van der Waals surface area contributed by atoms with Gasteiger partial charge in [0.15, 0.2) is 0 Å². The number of hydrogen-bond acceptors (Lipinski definition) is 3. The van der Waals surface area contributed by atoms with Crippen molar-refractivity contribution in [3.63, 3.8) is 0 Å². The highest BCUT2D eigenvalue weighted by Crippen LogP contribution is 2.19. The van der Waals surface area contributed by atoms with Crippen molar-refractivity contribution in [3.05, 3.63) is 24.3 Å². The van der Waals surface area contributed by atoms with E-state index in [-0.39, 0.29) is 5.54 Å². The lowest BCUT2D eigenvalue weighted by molar-refractivity contribution is 0.247. The van der Waals surface area contributed by atoms with Crippen molar-refractivity contribution in [2.45, 2.75) is 45.6 Å². The zero-order chi connectivity index (χ0) is 14.1. The number of benzene rings is 1. The standard InChI is InChI=1S/C16H27NO2/c1-5-16(6-2,7-3)17-12-13-19-15-10-8-14(18-4)9-11-15/h8-11,17H,5-7,12-13H2,1-4H3. The fourth-order valence-electron chi connectivity index (χ4n) is 2.28. The summed E-state index contributed by atoms with van der Waals surface area (Å²) in [6.07, 6.45) is 3.47. The molecule has 1 aromatic carbocycles. The van der Waals surface area contributed by atoms with Gasteiger partial charge in [-0.1, -0.05) is 20.8 Å². The van der Waals surface area contributed by atoms with Crippen molar-refractivity contribution in [1.29, 1.82) is 0 Å². The van der Waals surface area contributed by atoms with Gasteiger partial charge in [0, 0.05) is 12.1 Å². The van der Waals surface area contributed by atoms with Gasteiger partial charge in [0.25, 0.3) is 0 Å². The third-order valence-corrected chi connectivity index (χ3v) is 3.96. The summed E-state index contributed by atoms with van der Waals surface area (Å²) >= 11 is 0. The quantitative estimate of drug-likeness (QED) is 0.692. The molecule has 0 unspecified atom stereocenters. The molecule has 0 heterocycles. The van der Waals surface area contributed by atoms with Crippen molar-refractivity contribution in [1.82, 2.24) is 5.32 Å². The molecule has 0 radical (unpaired) electrons. The van der Waals surface area contributed by atoms with Gasteiger partial charge < -0.3 is 14.8 Å². The monoisotopic (exact) mass is 265 g/mol. The number of hydrogen-bond donors (Lipinski definition) is 1. The Bertz CT molecular complexity index is 336. The van der Waals surface area contributed by atoms with Crippen LogP contribution in [0, 0.1) is 0 Å². The summed E-state index contributed by atoms with van der Waals surface area (Å²) in [5.74, 6) is 1.74. The molecule has 0 aliphatic carbocycles. The maximum Gasteiger partial charge on any atom is 0.119 e. The van der Waals surface area contributed by atoms with Gasteiger partial charge in [-0.2, -0.15) is 0 Å². The van der Waals surface area contributed by atoms with E-state index in [9.17, 15) is 0 Å². The molecule has 1 N–H and O–H groups in total. The molecule has 0 bridgehead atoms. The summed E-state index contributed by atoms with van der Waals surface area (Å²) < 4.78 is 10.8. The van der Waals surface area contributed by atoms with E-state index in [0.717, 1.165) is 37.3 Å². The zero-order valence-electron chi connectivity index (χ0n) is 12.7. The van der Waals surface area contributed by atoms with E-state index < -0.39 is 0 Å². The third kappa shape index (κ3) is 4.75. The predicted octanol–water partition coefficient (Wildman–Crippen LogP) is 3.63. The number of ether oxygens (including phenoxy) is 2. The molecule has 3 nitrogen and oxygen atoms in total. The molecule has 0 spiro atoms. The summed E-state index contributed by atoms with van der Waals surface area (Å²) in [5, 5.41) is 3.63. The molecule has 108 valence electrons. The van der Waals surface area contributed by atoms with Gasteiger partial charge in [0.05, 0.1) is 7.11 Å². The molecule has 0 amide bonds. The Labute approximate surface area is 117 Å². The highest BCUT2D eigenvalue weighted by molar-refractivity contribution is 5.31. The summed E-state index contributed by atoms with van der Waals surface area (Å²) in [5.41, 5.74) is 0.267. The lowest BCUT2D eigenvalue weighted by Crippen LogP contribution is -2.45. The zero-order valence-corrected chi connectivity index (χ0v) is 12.7. The van der Waals surface area contributed by atoms with Crippen molar-refractivity contribution < 1.29 is 9.47 Å². The molecule has 0 atom stereocenters. The van der Waals surface area contributed by atoms with Gasteiger partial charge in [-0.25, -0.2) is 0 Å². The Morgan fingerprint density at radius 1 is 0.947 bits per heavy atom. The second kappa shape index (κ2) is 8.05. The molecule has 0 saturated heterocycles. The third-order valence-electron chi connectivity index (χ3n) is 3.96. The van der Waals surface area contributed by atoms with Crippen LogP contribution >= 0.6 is 0 Å². The molecule has 0 saturated carbocycles. The van der Waals surface area contributed by atoms with Crippen LogP contribution in [0.25, 0.3) is 0 Å². The fraction of sp³-hybridized carbons (Fsp3) is 0.625. The lowest BCUT2D eigenvalue weighted by Gasteiger charge is -2.32. The second-order valence-corrected chi connectivity index (χ2v) is 4.79. The van der Waals surface area contributed by atoms with Crippen LogP contribution in [0.15, 0.2) is 24.3 Å². The van der Waals surface area contributed by atoms with Crippen LogP contribution in [0.1, 0.15) is 40.0 Å². The van der Waals surface area contributed by atoms with Gasteiger partial charge in [-0.15, -0.1) is 0 Å². The first-order valence-electron chi connectivity index (χ1n) is 7.21. The van der Waals surface area contributed by atoms with Crippen LogP contribution in [0.2, 0.25) is 0 Å². The SMILES string of the molecule is CCC(CC)(CC)NCCOc1ccc(OC)cc1. The molecule has 1 aromatic rings. The summed E-state index contributed by atoms with van der Waals surface area (Å²) in [6.45, 7) is 8.29. The average molecular weight is 265 g/mol. The minimum Gasteiger partial charge on any atom is -0.497 e. The highest BCUT2D eigenvalue weighted by Gasteiger charge is 2.22. The Kier molecular flexibility index (Phi) is 6.71. The van der Waals surface area contributed by atoms with Crippen LogP contribution in [0.3, 0.4) is 0 Å². The summed E-state index contributed by atoms with van der Waals surface area (Å²) in [4.78, 5) is 0. The summed E-state index contributed by atoms with van der Waals surface area (Å²) in [6, 6.07) is 7.70. The van der Waals surface area contributed by atoms with E-state index in [2.05, 4.69) is 26.1 Å². The molecular weight excluding hydrogens is 238 g/mol. The average Bonchev–Trinajstić information content (AvgIpc) is 2.49. The molecule has 0 aliphatic heterocycles. The van der Waals surface area contributed by atoms with Gasteiger partial charge in [0.2, 0.25) is 0 Å². The number of rotatable bonds is 9. The lowest BCUT2D eigenvalue weighted by atomic mass is 9.90. The second-order valence-electron chi connectivity index (χ2n) is 4.79. The van der Waals surface area contributed by atoms with E-state index in [1.807, 2.05) is 24.3 Å². The van der Waals surface area contributed by atoms with E-state index in [4.69, 9.17) is 9.47 Å². The van der Waals surface area contributed by atoms with Crippen LogP contribution < -0.4 is 14.8 Å². The smallest absolute Gasteiger partial charge is 0.119 e. The van der Waals surface area contributed by atoms with E-state index >= 15 is 0 Å². The van der Waals surface area contributed by atoms with Gasteiger partial charge in [0.1, 0.15) is 18.1 Å². The van der Waals surface area contributed by atoms with Crippen LogP contribution in [0.4, 0.5) is 0 Å². The molecule has 0 aromatic heterocycles. The first kappa shape index (κ1) is 15.8. The molecule has 19 heavy (non-hydrogen) atoms. The van der Waals surface area contributed by atoms with E-state index in [1.165, 1.54) is 0 Å². The minimum absolute atomic E-state index is 0.267. The van der Waals surface area contributed by atoms with Crippen molar-refractivity contribution in [2.75, 3.05) is 20.3 Å². The topological polar surface area (TPSA) is 30.5 Å². The molecule has 0 fully saturated rings. The molecule has 1 rings (SSSR count). The normalized spacial score (nSPS) is 11.4.